The van der Waals surface area contributed by atoms with E-state index in [2.05, 4.69) is 15.3 Å². The first-order valence-corrected chi connectivity index (χ1v) is 7.97. The van der Waals surface area contributed by atoms with Crippen LogP contribution in [0.5, 0.6) is 0 Å². The van der Waals surface area contributed by atoms with Crippen LogP contribution < -0.4 is 0 Å². The normalized spacial score (nSPS) is 10.8. The first-order valence-electron chi connectivity index (χ1n) is 7.97. The van der Waals surface area contributed by atoms with Crippen molar-refractivity contribution in [3.8, 4) is 11.3 Å². The molecule has 2 aromatic heterocycles. The molecule has 2 heterocycles. The second-order valence-corrected chi connectivity index (χ2v) is 5.86. The van der Waals surface area contributed by atoms with E-state index in [4.69, 9.17) is 0 Å². The number of hydrogen-bond acceptors (Lipinski definition) is 3. The van der Waals surface area contributed by atoms with Gasteiger partial charge in [0, 0.05) is 25.4 Å². The van der Waals surface area contributed by atoms with Gasteiger partial charge in [-0.15, -0.1) is 0 Å². The highest BCUT2D eigenvalue weighted by atomic mass is 16.2. The highest BCUT2D eigenvalue weighted by Crippen LogP contribution is 2.19. The summed E-state index contributed by atoms with van der Waals surface area (Å²) in [6, 6.07) is 11.8. The van der Waals surface area contributed by atoms with E-state index in [9.17, 15) is 4.79 Å². The molecule has 0 radical (unpaired) electrons. The van der Waals surface area contributed by atoms with E-state index in [0.29, 0.717) is 12.2 Å². The molecule has 0 aliphatic carbocycles. The number of benzene rings is 1. The summed E-state index contributed by atoms with van der Waals surface area (Å²) in [5.41, 5.74) is 4.29. The van der Waals surface area contributed by atoms with Gasteiger partial charge in [0.1, 0.15) is 5.69 Å². The quantitative estimate of drug-likeness (QED) is 0.785. The highest BCUT2D eigenvalue weighted by Gasteiger charge is 2.16. The van der Waals surface area contributed by atoms with Crippen molar-refractivity contribution in [3.63, 3.8) is 0 Å². The second-order valence-electron chi connectivity index (χ2n) is 5.86. The van der Waals surface area contributed by atoms with Crippen molar-refractivity contribution < 1.29 is 4.79 Å². The summed E-state index contributed by atoms with van der Waals surface area (Å²) in [6.07, 6.45) is 1.92. The number of nitrogens with one attached hydrogen (secondary N) is 1. The third kappa shape index (κ3) is 3.37. The average Bonchev–Trinajstić information content (AvgIpc) is 3.24. The van der Waals surface area contributed by atoms with Gasteiger partial charge in [0.05, 0.1) is 17.9 Å². The molecule has 0 bridgehead atoms. The van der Waals surface area contributed by atoms with E-state index in [1.807, 2.05) is 55.1 Å². The SMILES string of the molecule is CCn1ccc(CN(C)C(=O)c2cc(-c3ccc(C)cc3)n[nH]2)n1. The van der Waals surface area contributed by atoms with E-state index in [1.165, 1.54) is 5.56 Å². The number of carbonyl (C=O) groups is 1. The Hall–Kier alpha value is -2.89. The van der Waals surface area contributed by atoms with Crippen LogP contribution in [-0.2, 0) is 13.1 Å². The van der Waals surface area contributed by atoms with Crippen LogP contribution in [0.3, 0.4) is 0 Å². The molecule has 6 nitrogen and oxygen atoms in total. The van der Waals surface area contributed by atoms with Gasteiger partial charge < -0.3 is 4.90 Å². The molecule has 1 aromatic carbocycles. The minimum atomic E-state index is -0.105. The number of amides is 1. The molecule has 3 aromatic rings. The Bertz CT molecular complexity index is 831. The molecule has 0 saturated carbocycles. The zero-order valence-corrected chi connectivity index (χ0v) is 14.2. The zero-order valence-electron chi connectivity index (χ0n) is 14.2. The lowest BCUT2D eigenvalue weighted by Crippen LogP contribution is -2.26. The summed E-state index contributed by atoms with van der Waals surface area (Å²) in [4.78, 5) is 14.2. The summed E-state index contributed by atoms with van der Waals surface area (Å²) >= 11 is 0. The summed E-state index contributed by atoms with van der Waals surface area (Å²) in [5, 5.41) is 11.5. The van der Waals surface area contributed by atoms with Crippen LogP contribution in [0.1, 0.15) is 28.7 Å². The first kappa shape index (κ1) is 16.0. The van der Waals surface area contributed by atoms with E-state index in [-0.39, 0.29) is 5.91 Å². The van der Waals surface area contributed by atoms with Gasteiger partial charge in [0.15, 0.2) is 0 Å². The predicted octanol–water partition coefficient (Wildman–Crippen LogP) is 2.87. The zero-order chi connectivity index (χ0) is 17.1. The fraction of sp³-hybridized carbons (Fsp3) is 0.278. The van der Waals surface area contributed by atoms with Gasteiger partial charge in [0.25, 0.3) is 5.91 Å². The number of aromatic amines is 1. The van der Waals surface area contributed by atoms with Crippen molar-refractivity contribution in [2.75, 3.05) is 7.05 Å². The van der Waals surface area contributed by atoms with Gasteiger partial charge in [0.2, 0.25) is 0 Å². The monoisotopic (exact) mass is 323 g/mol. The average molecular weight is 323 g/mol. The molecule has 0 atom stereocenters. The summed E-state index contributed by atoms with van der Waals surface area (Å²) in [6.45, 7) is 5.35. The molecule has 0 fully saturated rings. The van der Waals surface area contributed by atoms with Crippen molar-refractivity contribution in [2.45, 2.75) is 26.9 Å². The number of H-pyrrole nitrogens is 1. The van der Waals surface area contributed by atoms with Crippen LogP contribution in [-0.4, -0.2) is 37.8 Å². The maximum absolute atomic E-state index is 12.5. The van der Waals surface area contributed by atoms with Crippen LogP contribution in [0.25, 0.3) is 11.3 Å². The molecule has 24 heavy (non-hydrogen) atoms. The lowest BCUT2D eigenvalue weighted by Gasteiger charge is -2.14. The van der Waals surface area contributed by atoms with Gasteiger partial charge in [-0.3, -0.25) is 14.6 Å². The second kappa shape index (κ2) is 6.70. The Morgan fingerprint density at radius 3 is 2.67 bits per heavy atom. The van der Waals surface area contributed by atoms with Gasteiger partial charge in [-0.25, -0.2) is 0 Å². The van der Waals surface area contributed by atoms with Crippen LogP contribution >= 0.6 is 0 Å². The highest BCUT2D eigenvalue weighted by molar-refractivity contribution is 5.93. The lowest BCUT2D eigenvalue weighted by molar-refractivity contribution is 0.0777. The summed E-state index contributed by atoms with van der Waals surface area (Å²) in [5.74, 6) is -0.105. The maximum Gasteiger partial charge on any atom is 0.271 e. The molecule has 124 valence electrons. The number of aryl methyl sites for hydroxylation is 2. The molecular formula is C18H21N5O. The lowest BCUT2D eigenvalue weighted by atomic mass is 10.1. The molecule has 0 aliphatic rings. The standard InChI is InChI=1S/C18H21N5O/c1-4-23-10-9-15(21-23)12-22(3)18(24)17-11-16(19-20-17)14-7-5-13(2)6-8-14/h5-11H,4,12H2,1-3H3,(H,19,20). The Balaban J connectivity index is 1.71. The number of carbonyl (C=O) groups excluding carboxylic acids is 1. The molecule has 0 saturated heterocycles. The smallest absolute Gasteiger partial charge is 0.271 e. The molecule has 0 spiro atoms. The molecule has 6 heteroatoms. The minimum Gasteiger partial charge on any atom is -0.334 e. The van der Waals surface area contributed by atoms with Gasteiger partial charge >= 0.3 is 0 Å². The Kier molecular flexibility index (Phi) is 4.46. The fourth-order valence-electron chi connectivity index (χ4n) is 2.49. The Morgan fingerprint density at radius 1 is 1.25 bits per heavy atom. The van der Waals surface area contributed by atoms with Crippen LogP contribution in [0.2, 0.25) is 0 Å². The Morgan fingerprint density at radius 2 is 2.00 bits per heavy atom. The first-order chi connectivity index (χ1) is 11.6. The summed E-state index contributed by atoms with van der Waals surface area (Å²) < 4.78 is 1.85. The number of hydrogen-bond donors (Lipinski definition) is 1. The van der Waals surface area contributed by atoms with Crippen LogP contribution in [0, 0.1) is 6.92 Å². The molecule has 1 N–H and O–H groups in total. The molecule has 0 aliphatic heterocycles. The predicted molar refractivity (Wildman–Crippen MR) is 92.5 cm³/mol. The van der Waals surface area contributed by atoms with Gasteiger partial charge in [-0.05, 0) is 26.0 Å². The van der Waals surface area contributed by atoms with E-state index in [0.717, 1.165) is 23.5 Å². The van der Waals surface area contributed by atoms with E-state index in [1.54, 1.807) is 18.0 Å². The molecular weight excluding hydrogens is 302 g/mol. The number of rotatable bonds is 5. The van der Waals surface area contributed by atoms with Gasteiger partial charge in [-0.2, -0.15) is 10.2 Å². The third-order valence-corrected chi connectivity index (χ3v) is 3.92. The van der Waals surface area contributed by atoms with Crippen molar-refractivity contribution in [3.05, 3.63) is 59.5 Å². The molecule has 3 rings (SSSR count). The molecule has 0 unspecified atom stereocenters. The van der Waals surface area contributed by atoms with Crippen molar-refractivity contribution in [1.29, 1.82) is 0 Å². The maximum atomic E-state index is 12.5. The fourth-order valence-corrected chi connectivity index (χ4v) is 2.49. The minimum absolute atomic E-state index is 0.105. The van der Waals surface area contributed by atoms with Gasteiger partial charge in [-0.1, -0.05) is 29.8 Å². The summed E-state index contributed by atoms with van der Waals surface area (Å²) in [7, 11) is 1.76. The van der Waals surface area contributed by atoms with Crippen molar-refractivity contribution >= 4 is 5.91 Å². The van der Waals surface area contributed by atoms with Crippen LogP contribution in [0.15, 0.2) is 42.6 Å². The topological polar surface area (TPSA) is 66.8 Å². The van der Waals surface area contributed by atoms with Crippen LogP contribution in [0.4, 0.5) is 0 Å². The third-order valence-electron chi connectivity index (χ3n) is 3.92. The largest absolute Gasteiger partial charge is 0.334 e. The van der Waals surface area contributed by atoms with Crippen molar-refractivity contribution in [1.82, 2.24) is 24.9 Å². The molecule has 1 amide bonds. The van der Waals surface area contributed by atoms with Crippen molar-refractivity contribution in [2.24, 2.45) is 0 Å². The Labute approximate surface area is 141 Å². The van der Waals surface area contributed by atoms with E-state index >= 15 is 0 Å². The number of nitrogens with zero attached hydrogens (tertiary/aromatic N) is 4. The van der Waals surface area contributed by atoms with E-state index < -0.39 is 0 Å². The number of aromatic nitrogens is 4.